The second kappa shape index (κ2) is 11.8. The number of carbonyl (C=O) groups is 1. The number of methoxy groups -OCH3 is 1. The van der Waals surface area contributed by atoms with Crippen LogP contribution in [0.25, 0.3) is 0 Å². The molecule has 2 saturated heterocycles. The zero-order chi connectivity index (χ0) is 24.7. The summed E-state index contributed by atoms with van der Waals surface area (Å²) >= 11 is 0. The van der Waals surface area contributed by atoms with Crippen LogP contribution in [-0.4, -0.2) is 109 Å². The number of amides is 1. The number of carbonyl (C=O) groups excluding carboxylic acids is 1. The molecule has 10 nitrogen and oxygen atoms in total. The smallest absolute Gasteiger partial charge is 0.269 e. The zero-order valence-corrected chi connectivity index (χ0v) is 20.1. The van der Waals surface area contributed by atoms with Crippen LogP contribution in [0.1, 0.15) is 16.1 Å². The third-order valence-electron chi connectivity index (χ3n) is 6.40. The van der Waals surface area contributed by atoms with Crippen LogP contribution in [0.3, 0.4) is 0 Å². The largest absolute Gasteiger partial charge is 0.493 e. The molecular weight excluding hydrogens is 452 g/mol. The number of aliphatic hydroxyl groups excluding tert-OH is 1. The van der Waals surface area contributed by atoms with Crippen LogP contribution in [0.2, 0.25) is 0 Å². The van der Waals surface area contributed by atoms with E-state index in [4.69, 9.17) is 14.2 Å². The highest BCUT2D eigenvalue weighted by atomic mass is 16.5. The number of rotatable bonds is 10. The highest BCUT2D eigenvalue weighted by Crippen LogP contribution is 2.30. The normalized spacial score (nSPS) is 23.2. The Morgan fingerprint density at radius 1 is 1.23 bits per heavy atom. The molecule has 1 aromatic carbocycles. The number of ether oxygens (including phenoxy) is 3. The van der Waals surface area contributed by atoms with E-state index in [-0.39, 0.29) is 25.3 Å². The molecule has 2 aliphatic rings. The predicted molar refractivity (Wildman–Crippen MR) is 129 cm³/mol. The van der Waals surface area contributed by atoms with E-state index in [2.05, 4.69) is 15.2 Å². The van der Waals surface area contributed by atoms with Gasteiger partial charge in [-0.3, -0.25) is 19.6 Å². The van der Waals surface area contributed by atoms with Crippen molar-refractivity contribution in [2.45, 2.75) is 18.2 Å². The minimum Gasteiger partial charge on any atom is -0.493 e. The summed E-state index contributed by atoms with van der Waals surface area (Å²) in [4.78, 5) is 20.5. The first kappa shape index (κ1) is 25.3. The molecule has 3 N–H and O–H groups in total. The van der Waals surface area contributed by atoms with Crippen LogP contribution < -0.4 is 14.8 Å². The van der Waals surface area contributed by atoms with E-state index in [1.807, 2.05) is 23.1 Å². The van der Waals surface area contributed by atoms with Crippen molar-refractivity contribution in [2.24, 2.45) is 0 Å². The Hall–Kier alpha value is -2.76. The zero-order valence-electron chi connectivity index (χ0n) is 20.1. The lowest BCUT2D eigenvalue weighted by molar-refractivity contribution is -0.0377. The molecule has 1 aromatic heterocycles. The van der Waals surface area contributed by atoms with E-state index in [1.165, 1.54) is 6.20 Å². The first-order valence-corrected chi connectivity index (χ1v) is 11.9. The maximum atomic E-state index is 12.3. The van der Waals surface area contributed by atoms with Gasteiger partial charge in [0.1, 0.15) is 17.9 Å². The molecule has 2 aliphatic heterocycles. The Bertz CT molecular complexity index is 972. The molecule has 2 atom stereocenters. The van der Waals surface area contributed by atoms with Crippen molar-refractivity contribution in [3.8, 4) is 11.5 Å². The van der Waals surface area contributed by atoms with Gasteiger partial charge in [0.2, 0.25) is 0 Å². The number of hydrogen-bond acceptors (Lipinski definition) is 9. The Balaban J connectivity index is 1.29. The van der Waals surface area contributed by atoms with Gasteiger partial charge in [-0.2, -0.15) is 0 Å². The molecule has 0 unspecified atom stereocenters. The van der Waals surface area contributed by atoms with Gasteiger partial charge in [-0.15, -0.1) is 0 Å². The standard InChI is InChI=1S/C25H34N4O6/c1-33-22-14-19(5-6-21(22)35-13-10-28-8-11-34-12-9-28)15-29-16-23(30)25(32,18-29)17-27-24(31)20-4-2-3-7-26-20/h2-7,14,23,30,32H,8-13,15-18H2,1H3,(H,27,31)/t23-,25+/m1/s1. The average Bonchev–Trinajstić information content (AvgIpc) is 3.17. The van der Waals surface area contributed by atoms with E-state index in [1.54, 1.807) is 25.3 Å². The van der Waals surface area contributed by atoms with Crippen molar-refractivity contribution in [2.75, 3.05) is 66.2 Å². The van der Waals surface area contributed by atoms with Gasteiger partial charge in [0, 0.05) is 45.5 Å². The van der Waals surface area contributed by atoms with Gasteiger partial charge in [0.15, 0.2) is 11.5 Å². The molecule has 0 radical (unpaired) electrons. The molecule has 190 valence electrons. The minimum absolute atomic E-state index is 0.0701. The number of pyridine rings is 1. The number of aromatic nitrogens is 1. The lowest BCUT2D eigenvalue weighted by Gasteiger charge is -2.26. The van der Waals surface area contributed by atoms with Gasteiger partial charge in [-0.05, 0) is 29.8 Å². The first-order valence-electron chi connectivity index (χ1n) is 11.9. The van der Waals surface area contributed by atoms with Crippen LogP contribution in [0.4, 0.5) is 0 Å². The van der Waals surface area contributed by atoms with E-state index >= 15 is 0 Å². The molecule has 35 heavy (non-hydrogen) atoms. The number of hydrogen-bond donors (Lipinski definition) is 3. The van der Waals surface area contributed by atoms with Crippen LogP contribution in [0, 0.1) is 0 Å². The summed E-state index contributed by atoms with van der Waals surface area (Å²) in [5.41, 5.74) is -0.215. The molecular formula is C25H34N4O6. The Morgan fingerprint density at radius 3 is 2.80 bits per heavy atom. The van der Waals surface area contributed by atoms with Crippen LogP contribution in [-0.2, 0) is 11.3 Å². The van der Waals surface area contributed by atoms with E-state index in [0.29, 0.717) is 24.7 Å². The fourth-order valence-corrected chi connectivity index (χ4v) is 4.38. The van der Waals surface area contributed by atoms with Crippen molar-refractivity contribution in [1.29, 1.82) is 0 Å². The van der Waals surface area contributed by atoms with Gasteiger partial charge in [-0.1, -0.05) is 12.1 Å². The number of β-amino-alcohol motifs (C(OH)–C–C–N with tert-alkyl or cyclic N) is 2. The molecule has 4 rings (SSSR count). The van der Waals surface area contributed by atoms with Crippen molar-refractivity contribution in [1.82, 2.24) is 20.1 Å². The molecule has 3 heterocycles. The highest BCUT2D eigenvalue weighted by molar-refractivity contribution is 5.92. The van der Waals surface area contributed by atoms with Gasteiger partial charge in [0.05, 0.1) is 33.0 Å². The summed E-state index contributed by atoms with van der Waals surface area (Å²) in [6.07, 6.45) is 0.543. The third kappa shape index (κ3) is 6.68. The molecule has 2 fully saturated rings. The van der Waals surface area contributed by atoms with E-state index < -0.39 is 17.6 Å². The topological polar surface area (TPSA) is 117 Å². The highest BCUT2D eigenvalue weighted by Gasteiger charge is 2.44. The molecule has 0 saturated carbocycles. The first-order chi connectivity index (χ1) is 17.0. The Labute approximate surface area is 205 Å². The van der Waals surface area contributed by atoms with Crippen molar-refractivity contribution < 1.29 is 29.2 Å². The molecule has 0 spiro atoms. The lowest BCUT2D eigenvalue weighted by Crippen LogP contribution is -2.51. The number of benzene rings is 1. The summed E-state index contributed by atoms with van der Waals surface area (Å²) in [6.45, 7) is 5.69. The summed E-state index contributed by atoms with van der Waals surface area (Å²) in [5.74, 6) is 0.931. The van der Waals surface area contributed by atoms with Crippen LogP contribution in [0.5, 0.6) is 11.5 Å². The van der Waals surface area contributed by atoms with Crippen LogP contribution >= 0.6 is 0 Å². The second-order valence-corrected chi connectivity index (χ2v) is 8.97. The molecule has 10 heteroatoms. The fourth-order valence-electron chi connectivity index (χ4n) is 4.38. The maximum Gasteiger partial charge on any atom is 0.269 e. The number of nitrogens with one attached hydrogen (secondary N) is 1. The lowest BCUT2D eigenvalue weighted by atomic mass is 10.0. The average molecular weight is 487 g/mol. The Kier molecular flexibility index (Phi) is 8.53. The number of aliphatic hydroxyl groups is 2. The van der Waals surface area contributed by atoms with Gasteiger partial charge in [-0.25, -0.2) is 0 Å². The van der Waals surface area contributed by atoms with Gasteiger partial charge >= 0.3 is 0 Å². The van der Waals surface area contributed by atoms with E-state index in [0.717, 1.165) is 38.4 Å². The van der Waals surface area contributed by atoms with E-state index in [9.17, 15) is 15.0 Å². The number of morpholine rings is 1. The molecule has 0 aliphatic carbocycles. The fraction of sp³-hybridized carbons (Fsp3) is 0.520. The monoisotopic (exact) mass is 486 g/mol. The Morgan fingerprint density at radius 2 is 2.06 bits per heavy atom. The van der Waals surface area contributed by atoms with Gasteiger partial charge < -0.3 is 29.7 Å². The maximum absolute atomic E-state index is 12.3. The van der Waals surface area contributed by atoms with Crippen molar-refractivity contribution in [3.63, 3.8) is 0 Å². The summed E-state index contributed by atoms with van der Waals surface area (Å²) in [6, 6.07) is 10.8. The SMILES string of the molecule is COc1cc(CN2C[C@@H](O)[C@](O)(CNC(=O)c3ccccn3)C2)ccc1OCCN1CCOCC1. The molecule has 0 bridgehead atoms. The molecule has 2 aromatic rings. The molecule has 1 amide bonds. The number of likely N-dealkylation sites (tertiary alicyclic amines) is 1. The van der Waals surface area contributed by atoms with Crippen LogP contribution in [0.15, 0.2) is 42.6 Å². The quantitative estimate of drug-likeness (QED) is 0.431. The van der Waals surface area contributed by atoms with Gasteiger partial charge in [0.25, 0.3) is 5.91 Å². The van der Waals surface area contributed by atoms with Crippen molar-refractivity contribution >= 4 is 5.91 Å². The number of nitrogens with zero attached hydrogens (tertiary/aromatic N) is 3. The summed E-state index contributed by atoms with van der Waals surface area (Å²) in [7, 11) is 1.61. The predicted octanol–water partition coefficient (Wildman–Crippen LogP) is 0.139. The summed E-state index contributed by atoms with van der Waals surface area (Å²) in [5, 5.41) is 24.2. The summed E-state index contributed by atoms with van der Waals surface area (Å²) < 4.78 is 16.9. The second-order valence-electron chi connectivity index (χ2n) is 8.97. The third-order valence-corrected chi connectivity index (χ3v) is 6.40. The van der Waals surface area contributed by atoms with Crippen molar-refractivity contribution in [3.05, 3.63) is 53.9 Å². The minimum atomic E-state index is -1.45.